The zero-order valence-electron chi connectivity index (χ0n) is 9.22. The molecule has 1 aromatic rings. The van der Waals surface area contributed by atoms with Crippen LogP contribution in [-0.2, 0) is 6.54 Å². The van der Waals surface area contributed by atoms with Gasteiger partial charge >= 0.3 is 0 Å². The predicted molar refractivity (Wildman–Crippen MR) is 63.8 cm³/mol. The minimum atomic E-state index is 0.357. The maximum absolute atomic E-state index is 5.92. The van der Waals surface area contributed by atoms with E-state index in [1.54, 1.807) is 11.3 Å². The Morgan fingerprint density at radius 3 is 2.87 bits per heavy atom. The van der Waals surface area contributed by atoms with Gasteiger partial charge in [-0.25, -0.2) is 0 Å². The van der Waals surface area contributed by atoms with Gasteiger partial charge in [-0.3, -0.25) is 9.88 Å². The van der Waals surface area contributed by atoms with Gasteiger partial charge < -0.3 is 5.73 Å². The highest BCUT2D eigenvalue weighted by Crippen LogP contribution is 2.21. The number of hydrogen-bond acceptors (Lipinski definition) is 4. The Morgan fingerprint density at radius 2 is 2.33 bits per heavy atom. The summed E-state index contributed by atoms with van der Waals surface area (Å²) in [4.78, 5) is 7.98. The van der Waals surface area contributed by atoms with Crippen molar-refractivity contribution in [3.63, 3.8) is 0 Å². The molecule has 0 bridgehead atoms. The first-order valence-corrected chi connectivity index (χ1v) is 6.49. The summed E-state index contributed by atoms with van der Waals surface area (Å²) in [6.07, 6.45) is 4.47. The maximum atomic E-state index is 5.92. The third-order valence-electron chi connectivity index (χ3n) is 3.24. The van der Waals surface area contributed by atoms with Gasteiger partial charge in [-0.15, -0.1) is 11.3 Å². The molecule has 1 fully saturated rings. The van der Waals surface area contributed by atoms with Crippen LogP contribution in [0.5, 0.6) is 0 Å². The maximum Gasteiger partial charge on any atom is 0.0794 e. The van der Waals surface area contributed by atoms with E-state index in [1.165, 1.54) is 30.8 Å². The van der Waals surface area contributed by atoms with Crippen molar-refractivity contribution in [2.24, 2.45) is 11.7 Å². The summed E-state index contributed by atoms with van der Waals surface area (Å²) in [5.41, 5.74) is 7.83. The molecule has 0 saturated carbocycles. The van der Waals surface area contributed by atoms with Gasteiger partial charge in [0, 0.05) is 23.7 Å². The summed E-state index contributed by atoms with van der Waals surface area (Å²) in [6, 6.07) is 0.357. The van der Waals surface area contributed by atoms with Crippen molar-refractivity contribution >= 4 is 11.3 Å². The van der Waals surface area contributed by atoms with Crippen molar-refractivity contribution in [1.82, 2.24) is 9.88 Å². The van der Waals surface area contributed by atoms with Crippen LogP contribution in [0.25, 0.3) is 0 Å². The summed E-state index contributed by atoms with van der Waals surface area (Å²) < 4.78 is 0. The third-order valence-corrected chi connectivity index (χ3v) is 4.00. The number of nitrogens with two attached hydrogens (primary N) is 1. The van der Waals surface area contributed by atoms with Crippen molar-refractivity contribution in [3.05, 3.63) is 16.6 Å². The number of piperidine rings is 1. The van der Waals surface area contributed by atoms with E-state index in [4.69, 9.17) is 5.73 Å². The van der Waals surface area contributed by atoms with Crippen molar-refractivity contribution in [1.29, 1.82) is 0 Å². The minimum Gasteiger partial charge on any atom is -0.328 e. The Hall–Kier alpha value is -0.450. The highest BCUT2D eigenvalue weighted by molar-refractivity contribution is 7.09. The van der Waals surface area contributed by atoms with Crippen LogP contribution < -0.4 is 5.73 Å². The van der Waals surface area contributed by atoms with Crippen LogP contribution >= 0.6 is 11.3 Å². The second kappa shape index (κ2) is 5.05. The quantitative estimate of drug-likeness (QED) is 0.851. The molecule has 1 atom stereocenters. The Balaban J connectivity index is 1.79. The first-order valence-electron chi connectivity index (χ1n) is 5.61. The average molecular weight is 225 g/mol. The number of hydrogen-bond donors (Lipinski definition) is 1. The molecule has 2 heterocycles. The van der Waals surface area contributed by atoms with Crippen LogP contribution in [0.3, 0.4) is 0 Å². The highest BCUT2D eigenvalue weighted by Gasteiger charge is 2.21. The Bertz CT molecular complexity index is 276. The van der Waals surface area contributed by atoms with Crippen LogP contribution in [-0.4, -0.2) is 29.0 Å². The summed E-state index contributed by atoms with van der Waals surface area (Å²) in [7, 11) is 0. The lowest BCUT2D eigenvalue weighted by Gasteiger charge is -2.33. The van der Waals surface area contributed by atoms with Crippen molar-refractivity contribution in [3.8, 4) is 0 Å². The molecule has 2 rings (SSSR count). The second-order valence-corrected chi connectivity index (χ2v) is 5.41. The summed E-state index contributed by atoms with van der Waals surface area (Å²) in [6.45, 7) is 5.56. The van der Waals surface area contributed by atoms with Crippen LogP contribution in [0.1, 0.15) is 24.6 Å². The largest absolute Gasteiger partial charge is 0.328 e. The third kappa shape index (κ3) is 3.00. The van der Waals surface area contributed by atoms with Crippen LogP contribution in [0.15, 0.2) is 11.7 Å². The molecule has 0 aromatic carbocycles. The van der Waals surface area contributed by atoms with Gasteiger partial charge in [-0.1, -0.05) is 0 Å². The average Bonchev–Trinajstić information content (AvgIpc) is 2.71. The van der Waals surface area contributed by atoms with E-state index in [2.05, 4.69) is 16.8 Å². The first-order chi connectivity index (χ1) is 7.25. The lowest BCUT2D eigenvalue weighted by Crippen LogP contribution is -2.39. The number of rotatable bonds is 3. The van der Waals surface area contributed by atoms with E-state index in [-0.39, 0.29) is 0 Å². The highest BCUT2D eigenvalue weighted by atomic mass is 32.1. The topological polar surface area (TPSA) is 42.1 Å². The molecular weight excluding hydrogens is 206 g/mol. The van der Waals surface area contributed by atoms with Gasteiger partial charge in [-0.05, 0) is 38.8 Å². The Kier molecular flexibility index (Phi) is 3.72. The zero-order chi connectivity index (χ0) is 10.7. The fourth-order valence-corrected chi connectivity index (χ4v) is 2.81. The summed E-state index contributed by atoms with van der Waals surface area (Å²) in [5, 5.41) is 0. The van der Waals surface area contributed by atoms with Crippen LogP contribution in [0, 0.1) is 5.92 Å². The number of thiazole rings is 1. The van der Waals surface area contributed by atoms with Gasteiger partial charge in [-0.2, -0.15) is 0 Å². The van der Waals surface area contributed by atoms with E-state index in [0.717, 1.165) is 12.5 Å². The van der Waals surface area contributed by atoms with E-state index >= 15 is 0 Å². The molecular formula is C11H19N3S. The van der Waals surface area contributed by atoms with Crippen LogP contribution in [0.4, 0.5) is 0 Å². The SMILES string of the molecule is CC(N)C1CCN(Cc2cncs2)CC1. The molecule has 0 amide bonds. The molecule has 4 heteroatoms. The van der Waals surface area contributed by atoms with E-state index in [1.807, 2.05) is 11.7 Å². The molecule has 0 radical (unpaired) electrons. The normalized spacial score (nSPS) is 21.7. The second-order valence-electron chi connectivity index (χ2n) is 4.44. The Labute approximate surface area is 95.3 Å². The smallest absolute Gasteiger partial charge is 0.0794 e. The zero-order valence-corrected chi connectivity index (χ0v) is 10.0. The summed E-state index contributed by atoms with van der Waals surface area (Å²) >= 11 is 1.75. The molecule has 84 valence electrons. The van der Waals surface area contributed by atoms with Crippen LogP contribution in [0.2, 0.25) is 0 Å². The van der Waals surface area contributed by atoms with Gasteiger partial charge in [0.25, 0.3) is 0 Å². The number of likely N-dealkylation sites (tertiary alicyclic amines) is 1. The first kappa shape index (κ1) is 11.0. The fraction of sp³-hybridized carbons (Fsp3) is 0.727. The fourth-order valence-electron chi connectivity index (χ4n) is 2.18. The molecule has 1 saturated heterocycles. The molecule has 1 aromatic heterocycles. The molecule has 1 aliphatic heterocycles. The van der Waals surface area contributed by atoms with Gasteiger partial charge in [0.05, 0.1) is 5.51 Å². The lowest BCUT2D eigenvalue weighted by atomic mass is 9.91. The van der Waals surface area contributed by atoms with E-state index in [9.17, 15) is 0 Å². The van der Waals surface area contributed by atoms with Crippen molar-refractivity contribution in [2.45, 2.75) is 32.4 Å². The lowest BCUT2D eigenvalue weighted by molar-refractivity contribution is 0.167. The predicted octanol–water partition coefficient (Wildman–Crippen LogP) is 1.70. The van der Waals surface area contributed by atoms with E-state index in [0.29, 0.717) is 6.04 Å². The van der Waals surface area contributed by atoms with E-state index < -0.39 is 0 Å². The molecule has 2 N–H and O–H groups in total. The van der Waals surface area contributed by atoms with Gasteiger partial charge in [0.2, 0.25) is 0 Å². The molecule has 3 nitrogen and oxygen atoms in total. The molecule has 0 aliphatic carbocycles. The summed E-state index contributed by atoms with van der Waals surface area (Å²) in [5.74, 6) is 0.725. The minimum absolute atomic E-state index is 0.357. The van der Waals surface area contributed by atoms with Gasteiger partial charge in [0.1, 0.15) is 0 Å². The molecule has 0 spiro atoms. The standard InChI is InChI=1S/C11H19N3S/c1-9(12)10-2-4-14(5-3-10)7-11-6-13-8-15-11/h6,8-10H,2-5,7,12H2,1H3. The molecule has 15 heavy (non-hydrogen) atoms. The molecule has 1 aliphatic rings. The van der Waals surface area contributed by atoms with Crippen molar-refractivity contribution in [2.75, 3.05) is 13.1 Å². The monoisotopic (exact) mass is 225 g/mol. The molecule has 1 unspecified atom stereocenters. The Morgan fingerprint density at radius 1 is 1.60 bits per heavy atom. The number of aromatic nitrogens is 1. The number of nitrogens with zero attached hydrogens (tertiary/aromatic N) is 2. The van der Waals surface area contributed by atoms with Crippen molar-refractivity contribution < 1.29 is 0 Å². The van der Waals surface area contributed by atoms with Gasteiger partial charge in [0.15, 0.2) is 0 Å².